The lowest BCUT2D eigenvalue weighted by molar-refractivity contribution is -0.140. The molecular weight excluding hydrogens is 262 g/mol. The molecule has 7 nitrogen and oxygen atoms in total. The van der Waals surface area contributed by atoms with Gasteiger partial charge >= 0.3 is 12.0 Å². The van der Waals surface area contributed by atoms with Crippen molar-refractivity contribution in [2.75, 3.05) is 39.9 Å². The summed E-state index contributed by atoms with van der Waals surface area (Å²) in [5, 5.41) is 14.0. The Balaban J connectivity index is 2.24. The first-order valence-electron chi connectivity index (χ1n) is 7.05. The molecule has 0 bridgehead atoms. The summed E-state index contributed by atoms with van der Waals surface area (Å²) < 4.78 is 4.76. The third kappa shape index (κ3) is 5.75. The van der Waals surface area contributed by atoms with E-state index in [-0.39, 0.29) is 6.61 Å². The van der Waals surface area contributed by atoms with E-state index in [0.717, 1.165) is 32.5 Å². The summed E-state index contributed by atoms with van der Waals surface area (Å²) >= 11 is 0. The lowest BCUT2D eigenvalue weighted by Crippen LogP contribution is -2.49. The van der Waals surface area contributed by atoms with Crippen molar-refractivity contribution in [3.63, 3.8) is 0 Å². The molecule has 2 amide bonds. The lowest BCUT2D eigenvalue weighted by atomic mass is 9.97. The second kappa shape index (κ2) is 8.76. The average Bonchev–Trinajstić information content (AvgIpc) is 2.45. The van der Waals surface area contributed by atoms with Crippen LogP contribution in [-0.4, -0.2) is 67.9 Å². The van der Waals surface area contributed by atoms with Gasteiger partial charge in [0.15, 0.2) is 6.04 Å². The van der Waals surface area contributed by atoms with E-state index in [1.165, 1.54) is 7.11 Å². The van der Waals surface area contributed by atoms with Gasteiger partial charge in [-0.25, -0.2) is 9.59 Å². The minimum absolute atomic E-state index is 0.0440. The van der Waals surface area contributed by atoms with Crippen molar-refractivity contribution < 1.29 is 19.4 Å². The third-order valence-corrected chi connectivity index (χ3v) is 3.64. The van der Waals surface area contributed by atoms with E-state index in [2.05, 4.69) is 22.5 Å². The standard InChI is InChI=1S/C13H25N3O4/c1-3-16-6-4-10(5-7-16)8-14-13(19)15-11(9-20-2)12(17)18/h10-11H,3-9H2,1-2H3,(H,17,18)(H2,14,15,19). The monoisotopic (exact) mass is 287 g/mol. The van der Waals surface area contributed by atoms with E-state index in [0.29, 0.717) is 12.5 Å². The molecule has 1 rings (SSSR count). The van der Waals surface area contributed by atoms with E-state index in [9.17, 15) is 9.59 Å². The molecule has 1 fully saturated rings. The fraction of sp³-hybridized carbons (Fsp3) is 0.846. The van der Waals surface area contributed by atoms with Crippen LogP contribution in [0.25, 0.3) is 0 Å². The molecule has 0 saturated carbocycles. The Bertz CT molecular complexity index is 317. The molecule has 1 unspecified atom stereocenters. The Kier molecular flexibility index (Phi) is 7.32. The number of hydrogen-bond donors (Lipinski definition) is 3. The minimum atomic E-state index is -1.10. The molecule has 0 aromatic rings. The van der Waals surface area contributed by atoms with Gasteiger partial charge in [0.25, 0.3) is 0 Å². The van der Waals surface area contributed by atoms with Crippen LogP contribution in [0, 0.1) is 5.92 Å². The smallest absolute Gasteiger partial charge is 0.328 e. The van der Waals surface area contributed by atoms with E-state index < -0.39 is 18.0 Å². The molecule has 20 heavy (non-hydrogen) atoms. The summed E-state index contributed by atoms with van der Waals surface area (Å²) in [7, 11) is 1.40. The van der Waals surface area contributed by atoms with Crippen LogP contribution in [0.4, 0.5) is 4.79 Å². The Morgan fingerprint density at radius 1 is 1.40 bits per heavy atom. The van der Waals surface area contributed by atoms with Crippen LogP contribution in [0.1, 0.15) is 19.8 Å². The maximum atomic E-state index is 11.6. The van der Waals surface area contributed by atoms with Gasteiger partial charge in [-0.2, -0.15) is 0 Å². The Hall–Kier alpha value is -1.34. The van der Waals surface area contributed by atoms with Gasteiger partial charge in [0.2, 0.25) is 0 Å². The van der Waals surface area contributed by atoms with Gasteiger partial charge in [-0.05, 0) is 38.4 Å². The highest BCUT2D eigenvalue weighted by Gasteiger charge is 2.21. The quantitative estimate of drug-likeness (QED) is 0.618. The topological polar surface area (TPSA) is 90.9 Å². The number of ether oxygens (including phenoxy) is 1. The second-order valence-electron chi connectivity index (χ2n) is 5.08. The Morgan fingerprint density at radius 3 is 2.55 bits per heavy atom. The average molecular weight is 287 g/mol. The maximum Gasteiger partial charge on any atom is 0.328 e. The number of urea groups is 1. The number of carboxylic acids is 1. The Labute approximate surface area is 119 Å². The zero-order valence-corrected chi connectivity index (χ0v) is 12.2. The summed E-state index contributed by atoms with van der Waals surface area (Å²) in [5.74, 6) is -0.632. The van der Waals surface area contributed by atoms with Crippen LogP contribution in [0.3, 0.4) is 0 Å². The first-order chi connectivity index (χ1) is 9.56. The molecule has 1 aliphatic heterocycles. The molecule has 3 N–H and O–H groups in total. The zero-order chi connectivity index (χ0) is 15.0. The van der Waals surface area contributed by atoms with Crippen LogP contribution in [-0.2, 0) is 9.53 Å². The van der Waals surface area contributed by atoms with E-state index in [1.54, 1.807) is 0 Å². The Morgan fingerprint density at radius 2 is 2.05 bits per heavy atom. The van der Waals surface area contributed by atoms with Gasteiger partial charge in [-0.1, -0.05) is 6.92 Å². The molecule has 116 valence electrons. The molecule has 0 spiro atoms. The van der Waals surface area contributed by atoms with Gasteiger partial charge in [0.1, 0.15) is 0 Å². The number of aliphatic carboxylic acids is 1. The number of amides is 2. The largest absolute Gasteiger partial charge is 0.480 e. The number of carbonyl (C=O) groups is 2. The molecule has 1 heterocycles. The van der Waals surface area contributed by atoms with Crippen LogP contribution in [0.15, 0.2) is 0 Å². The summed E-state index contributed by atoms with van der Waals surface area (Å²) in [5.41, 5.74) is 0. The number of nitrogens with one attached hydrogen (secondary N) is 2. The van der Waals surface area contributed by atoms with Crippen LogP contribution >= 0.6 is 0 Å². The number of likely N-dealkylation sites (tertiary alicyclic amines) is 1. The van der Waals surface area contributed by atoms with Gasteiger partial charge < -0.3 is 25.4 Å². The number of carboxylic acid groups (broad SMARTS) is 1. The second-order valence-corrected chi connectivity index (χ2v) is 5.08. The fourth-order valence-electron chi connectivity index (χ4n) is 2.29. The predicted octanol–water partition coefficient (Wildman–Crippen LogP) is 0.117. The highest BCUT2D eigenvalue weighted by atomic mass is 16.5. The molecule has 0 aliphatic carbocycles. The number of rotatable bonds is 7. The van der Waals surface area contributed by atoms with E-state index in [4.69, 9.17) is 9.84 Å². The SMILES string of the molecule is CCN1CCC(CNC(=O)NC(COC)C(=O)O)CC1. The van der Waals surface area contributed by atoms with Gasteiger partial charge in [-0.3, -0.25) is 0 Å². The van der Waals surface area contributed by atoms with Gasteiger partial charge in [0.05, 0.1) is 6.61 Å². The van der Waals surface area contributed by atoms with Crippen molar-refractivity contribution in [3.8, 4) is 0 Å². The normalized spacial score (nSPS) is 18.5. The summed E-state index contributed by atoms with van der Waals surface area (Å²) in [6, 6.07) is -1.46. The molecule has 0 radical (unpaired) electrons. The number of piperidine rings is 1. The van der Waals surface area contributed by atoms with Crippen LogP contribution < -0.4 is 10.6 Å². The summed E-state index contributed by atoms with van der Waals surface area (Å²) in [6.07, 6.45) is 2.13. The number of hydrogen-bond acceptors (Lipinski definition) is 4. The summed E-state index contributed by atoms with van der Waals surface area (Å²) in [6.45, 7) is 5.88. The molecule has 0 aromatic heterocycles. The molecule has 0 aromatic carbocycles. The number of nitrogens with zero attached hydrogens (tertiary/aromatic N) is 1. The van der Waals surface area contributed by atoms with Crippen molar-refractivity contribution in [2.45, 2.75) is 25.8 Å². The molecular formula is C13H25N3O4. The number of methoxy groups -OCH3 is 1. The minimum Gasteiger partial charge on any atom is -0.480 e. The number of carbonyl (C=O) groups excluding carboxylic acids is 1. The van der Waals surface area contributed by atoms with Crippen molar-refractivity contribution >= 4 is 12.0 Å². The van der Waals surface area contributed by atoms with Crippen molar-refractivity contribution in [3.05, 3.63) is 0 Å². The first-order valence-corrected chi connectivity index (χ1v) is 7.05. The highest BCUT2D eigenvalue weighted by Crippen LogP contribution is 2.15. The molecule has 1 atom stereocenters. The van der Waals surface area contributed by atoms with Crippen LogP contribution in [0.5, 0.6) is 0 Å². The fourth-order valence-corrected chi connectivity index (χ4v) is 2.29. The molecule has 1 saturated heterocycles. The van der Waals surface area contributed by atoms with Gasteiger partial charge in [-0.15, -0.1) is 0 Å². The van der Waals surface area contributed by atoms with E-state index in [1.807, 2.05) is 0 Å². The van der Waals surface area contributed by atoms with Crippen molar-refractivity contribution in [2.24, 2.45) is 5.92 Å². The molecule has 1 aliphatic rings. The maximum absolute atomic E-state index is 11.6. The first kappa shape index (κ1) is 16.7. The summed E-state index contributed by atoms with van der Waals surface area (Å²) in [4.78, 5) is 24.9. The lowest BCUT2D eigenvalue weighted by Gasteiger charge is -2.31. The highest BCUT2D eigenvalue weighted by molar-refractivity contribution is 5.82. The van der Waals surface area contributed by atoms with Gasteiger partial charge in [0, 0.05) is 13.7 Å². The van der Waals surface area contributed by atoms with Crippen molar-refractivity contribution in [1.29, 1.82) is 0 Å². The third-order valence-electron chi connectivity index (χ3n) is 3.64. The van der Waals surface area contributed by atoms with E-state index >= 15 is 0 Å². The van der Waals surface area contributed by atoms with Crippen molar-refractivity contribution in [1.82, 2.24) is 15.5 Å². The predicted molar refractivity (Wildman–Crippen MR) is 74.7 cm³/mol. The molecule has 7 heteroatoms. The zero-order valence-electron chi connectivity index (χ0n) is 12.2. The van der Waals surface area contributed by atoms with Crippen LogP contribution in [0.2, 0.25) is 0 Å².